The van der Waals surface area contributed by atoms with Crippen molar-refractivity contribution >= 4 is 0 Å². The first kappa shape index (κ1) is 16.1. The molecule has 25 heavy (non-hydrogen) atoms. The highest BCUT2D eigenvalue weighted by atomic mass is 16.3. The highest BCUT2D eigenvalue weighted by molar-refractivity contribution is 5.28. The maximum absolute atomic E-state index is 5.95. The van der Waals surface area contributed by atoms with Gasteiger partial charge in [0.05, 0.1) is 12.0 Å². The lowest BCUT2D eigenvalue weighted by molar-refractivity contribution is 0.176. The fourth-order valence-electron chi connectivity index (χ4n) is 3.59. The number of fused-ring (bicyclic) bond motifs is 1. The van der Waals surface area contributed by atoms with Crippen LogP contribution in [0.1, 0.15) is 60.2 Å². The number of aromatic amines is 2. The summed E-state index contributed by atoms with van der Waals surface area (Å²) in [4.78, 5) is 18.3. The van der Waals surface area contributed by atoms with Crippen LogP contribution in [0.2, 0.25) is 0 Å². The molecule has 1 aliphatic heterocycles. The number of rotatable bonds is 6. The first-order valence-electron chi connectivity index (χ1n) is 9.10. The molecule has 0 unspecified atom stereocenters. The van der Waals surface area contributed by atoms with Gasteiger partial charge in [-0.2, -0.15) is 0 Å². The van der Waals surface area contributed by atoms with Gasteiger partial charge in [-0.3, -0.25) is 4.90 Å². The Bertz CT molecular complexity index is 830. The summed E-state index contributed by atoms with van der Waals surface area (Å²) in [5.74, 6) is 2.97. The Kier molecular flexibility index (Phi) is 4.44. The molecule has 4 rings (SSSR count). The summed E-state index contributed by atoms with van der Waals surface area (Å²) < 4.78 is 5.95. The Morgan fingerprint density at radius 1 is 1.32 bits per heavy atom. The van der Waals surface area contributed by atoms with Gasteiger partial charge in [0, 0.05) is 43.5 Å². The van der Waals surface area contributed by atoms with Crippen LogP contribution in [0.25, 0.3) is 0 Å². The lowest BCUT2D eigenvalue weighted by Gasteiger charge is -2.33. The van der Waals surface area contributed by atoms with E-state index >= 15 is 0 Å². The van der Waals surface area contributed by atoms with Crippen LogP contribution in [-0.2, 0) is 19.4 Å². The molecule has 0 saturated heterocycles. The normalized spacial score (nSPS) is 17.8. The molecule has 0 bridgehead atoms. The zero-order valence-corrected chi connectivity index (χ0v) is 14.9. The van der Waals surface area contributed by atoms with Gasteiger partial charge in [-0.15, -0.1) is 0 Å². The van der Waals surface area contributed by atoms with Crippen molar-refractivity contribution in [1.29, 1.82) is 0 Å². The Balaban J connectivity index is 1.58. The lowest BCUT2D eigenvalue weighted by Crippen LogP contribution is -2.35. The van der Waals surface area contributed by atoms with Crippen LogP contribution in [-0.4, -0.2) is 31.4 Å². The van der Waals surface area contributed by atoms with E-state index < -0.39 is 0 Å². The minimum atomic E-state index is 0.0473. The van der Waals surface area contributed by atoms with E-state index in [1.54, 1.807) is 6.33 Å². The van der Waals surface area contributed by atoms with E-state index in [9.17, 15) is 0 Å². The van der Waals surface area contributed by atoms with Crippen molar-refractivity contribution in [3.05, 3.63) is 59.1 Å². The Morgan fingerprint density at radius 2 is 2.24 bits per heavy atom. The van der Waals surface area contributed by atoms with E-state index in [0.717, 1.165) is 54.7 Å². The maximum Gasteiger partial charge on any atom is 0.127 e. The van der Waals surface area contributed by atoms with Gasteiger partial charge in [-0.1, -0.05) is 13.3 Å². The number of nitrogens with zero attached hydrogens (tertiary/aromatic N) is 3. The van der Waals surface area contributed by atoms with Crippen LogP contribution in [0.5, 0.6) is 0 Å². The van der Waals surface area contributed by atoms with Crippen LogP contribution in [0.4, 0.5) is 0 Å². The quantitative estimate of drug-likeness (QED) is 0.720. The molecule has 0 aliphatic carbocycles. The van der Waals surface area contributed by atoms with Crippen LogP contribution in [0.15, 0.2) is 29.1 Å². The smallest absolute Gasteiger partial charge is 0.127 e. The highest BCUT2D eigenvalue weighted by Gasteiger charge is 2.33. The summed E-state index contributed by atoms with van der Waals surface area (Å²) in [5.41, 5.74) is 3.44. The first-order valence-corrected chi connectivity index (χ1v) is 9.10. The molecular weight excluding hydrogens is 314 g/mol. The third-order valence-corrected chi connectivity index (χ3v) is 4.88. The maximum atomic E-state index is 5.95. The molecule has 1 aliphatic rings. The monoisotopic (exact) mass is 339 g/mol. The van der Waals surface area contributed by atoms with Gasteiger partial charge in [0.2, 0.25) is 0 Å². The molecule has 6 nitrogen and oxygen atoms in total. The summed E-state index contributed by atoms with van der Waals surface area (Å²) in [6.45, 7) is 5.96. The summed E-state index contributed by atoms with van der Waals surface area (Å²) in [6, 6.07) is 4.13. The SMILES string of the molecule is CCCCc1ncc(CN2CCc3[nH]cnc3[C@H]2c2ccc(C)o2)[nH]1. The van der Waals surface area contributed by atoms with Crippen molar-refractivity contribution in [3.8, 4) is 0 Å². The minimum absolute atomic E-state index is 0.0473. The average Bonchev–Trinajstić information content (AvgIpc) is 3.34. The third-order valence-electron chi connectivity index (χ3n) is 4.88. The van der Waals surface area contributed by atoms with E-state index in [1.165, 1.54) is 18.5 Å². The van der Waals surface area contributed by atoms with Crippen molar-refractivity contribution in [2.75, 3.05) is 6.54 Å². The number of imidazole rings is 2. The van der Waals surface area contributed by atoms with Crippen LogP contribution in [0.3, 0.4) is 0 Å². The van der Waals surface area contributed by atoms with Gasteiger partial charge in [-0.05, 0) is 25.5 Å². The second-order valence-corrected chi connectivity index (χ2v) is 6.80. The number of H-pyrrole nitrogens is 2. The number of nitrogens with one attached hydrogen (secondary N) is 2. The molecule has 0 radical (unpaired) electrons. The van der Waals surface area contributed by atoms with Crippen molar-refractivity contribution < 1.29 is 4.42 Å². The molecule has 6 heteroatoms. The number of furan rings is 1. The number of unbranched alkanes of at least 4 members (excludes halogenated alkanes) is 1. The minimum Gasteiger partial charge on any atom is -0.464 e. The Labute approximate surface area is 147 Å². The summed E-state index contributed by atoms with van der Waals surface area (Å²) in [5, 5.41) is 0. The number of hydrogen-bond acceptors (Lipinski definition) is 4. The molecule has 3 aromatic rings. The fraction of sp³-hybridized carbons (Fsp3) is 0.474. The molecular formula is C19H25N5O. The number of aromatic nitrogens is 4. The molecule has 0 saturated carbocycles. The predicted octanol–water partition coefficient (Wildman–Crippen LogP) is 3.52. The van der Waals surface area contributed by atoms with Crippen LogP contribution < -0.4 is 0 Å². The number of hydrogen-bond donors (Lipinski definition) is 2. The topological polar surface area (TPSA) is 73.7 Å². The first-order chi connectivity index (χ1) is 12.2. The van der Waals surface area contributed by atoms with Crippen molar-refractivity contribution in [2.45, 2.75) is 52.1 Å². The van der Waals surface area contributed by atoms with Gasteiger partial charge in [-0.25, -0.2) is 9.97 Å². The standard InChI is InChI=1S/C19H25N5O/c1-3-4-5-17-20-10-14(23-17)11-24-9-8-15-18(22-12-21-15)19(24)16-7-6-13(2)25-16/h6-7,10,12,19H,3-5,8-9,11H2,1-2H3,(H,20,23)(H,21,22)/t19-/m1/s1. The van der Waals surface area contributed by atoms with Crippen molar-refractivity contribution in [2.24, 2.45) is 0 Å². The average molecular weight is 339 g/mol. The lowest BCUT2D eigenvalue weighted by atomic mass is 10.0. The third kappa shape index (κ3) is 3.26. The molecule has 0 amide bonds. The Hall–Kier alpha value is -2.34. The van der Waals surface area contributed by atoms with E-state index in [-0.39, 0.29) is 6.04 Å². The largest absolute Gasteiger partial charge is 0.464 e. The second kappa shape index (κ2) is 6.88. The molecule has 1 atom stereocenters. The van der Waals surface area contributed by atoms with Gasteiger partial charge < -0.3 is 14.4 Å². The van der Waals surface area contributed by atoms with Crippen LogP contribution >= 0.6 is 0 Å². The molecule has 0 aromatic carbocycles. The molecule has 2 N–H and O–H groups in total. The van der Waals surface area contributed by atoms with Gasteiger partial charge in [0.15, 0.2) is 0 Å². The Morgan fingerprint density at radius 3 is 3.04 bits per heavy atom. The zero-order valence-electron chi connectivity index (χ0n) is 14.9. The molecule has 0 fully saturated rings. The zero-order chi connectivity index (χ0) is 17.2. The molecule has 132 valence electrons. The van der Waals surface area contributed by atoms with Crippen molar-refractivity contribution in [3.63, 3.8) is 0 Å². The molecule has 0 spiro atoms. The summed E-state index contributed by atoms with van der Waals surface area (Å²) in [6.07, 6.45) is 8.10. The molecule has 3 aromatic heterocycles. The van der Waals surface area contributed by atoms with Gasteiger partial charge in [0.1, 0.15) is 23.4 Å². The van der Waals surface area contributed by atoms with Crippen LogP contribution in [0, 0.1) is 6.92 Å². The van der Waals surface area contributed by atoms with E-state index in [0.29, 0.717) is 0 Å². The van der Waals surface area contributed by atoms with Crippen molar-refractivity contribution in [1.82, 2.24) is 24.8 Å². The second-order valence-electron chi connectivity index (χ2n) is 6.80. The highest BCUT2D eigenvalue weighted by Crippen LogP contribution is 2.35. The fourth-order valence-corrected chi connectivity index (χ4v) is 3.59. The number of aryl methyl sites for hydroxylation is 2. The van der Waals surface area contributed by atoms with Gasteiger partial charge in [0.25, 0.3) is 0 Å². The summed E-state index contributed by atoms with van der Waals surface area (Å²) >= 11 is 0. The molecule has 4 heterocycles. The summed E-state index contributed by atoms with van der Waals surface area (Å²) in [7, 11) is 0. The van der Waals surface area contributed by atoms with E-state index in [2.05, 4.69) is 37.8 Å². The van der Waals surface area contributed by atoms with E-state index in [4.69, 9.17) is 4.42 Å². The van der Waals surface area contributed by atoms with E-state index in [1.807, 2.05) is 19.2 Å². The van der Waals surface area contributed by atoms with Gasteiger partial charge >= 0.3 is 0 Å². The predicted molar refractivity (Wildman–Crippen MR) is 95.2 cm³/mol.